The van der Waals surface area contributed by atoms with Crippen LogP contribution in [0.3, 0.4) is 0 Å². The highest BCUT2D eigenvalue weighted by atomic mass is 35.5. The fourth-order valence-electron chi connectivity index (χ4n) is 1.82. The molecule has 0 amide bonds. The molecule has 88 valence electrons. The molecule has 0 bridgehead atoms. The van der Waals surface area contributed by atoms with Crippen molar-refractivity contribution in [3.8, 4) is 0 Å². The molecule has 2 aromatic carbocycles. The van der Waals surface area contributed by atoms with Crippen LogP contribution in [0.4, 0.5) is 0 Å². The summed E-state index contributed by atoms with van der Waals surface area (Å²) < 4.78 is 0. The minimum absolute atomic E-state index is 0.00614. The quantitative estimate of drug-likeness (QED) is 0.671. The lowest BCUT2D eigenvalue weighted by molar-refractivity contribution is 0.911. The third kappa shape index (κ3) is 3.24. The largest absolute Gasteiger partial charge is 0.117 e. The lowest BCUT2D eigenvalue weighted by Crippen LogP contribution is -1.97. The van der Waals surface area contributed by atoms with Gasteiger partial charge in [0.1, 0.15) is 0 Å². The molecule has 0 aliphatic rings. The molecule has 2 heteroatoms. The summed E-state index contributed by atoms with van der Waals surface area (Å²) in [4.78, 5) is 0. The van der Waals surface area contributed by atoms with Gasteiger partial charge in [0.25, 0.3) is 0 Å². The third-order valence-electron chi connectivity index (χ3n) is 2.89. The molecule has 0 saturated heterocycles. The van der Waals surface area contributed by atoms with Gasteiger partial charge in [0.2, 0.25) is 0 Å². The molecular formula is C15H14Cl2. The van der Waals surface area contributed by atoms with Crippen molar-refractivity contribution < 1.29 is 0 Å². The van der Waals surface area contributed by atoms with Gasteiger partial charge in [0.05, 0.1) is 5.38 Å². The van der Waals surface area contributed by atoms with Crippen LogP contribution >= 0.6 is 23.2 Å². The zero-order valence-electron chi connectivity index (χ0n) is 9.66. The first-order valence-corrected chi connectivity index (χ1v) is 6.42. The van der Waals surface area contributed by atoms with Gasteiger partial charge in [-0.2, -0.15) is 0 Å². The Balaban J connectivity index is 2.14. The van der Waals surface area contributed by atoms with Crippen molar-refractivity contribution in [2.75, 3.05) is 0 Å². The molecule has 0 N–H and O–H groups in total. The fourth-order valence-corrected chi connectivity index (χ4v) is 2.26. The van der Waals surface area contributed by atoms with Crippen LogP contribution < -0.4 is 0 Å². The standard InChI is InChI=1S/C15H14Cl2/c1-11-4-2-3-5-13(11)10-15(17)12-6-8-14(16)9-7-12/h2-9,15H,10H2,1H3. The lowest BCUT2D eigenvalue weighted by atomic mass is 10.0. The van der Waals surface area contributed by atoms with E-state index in [-0.39, 0.29) is 5.38 Å². The van der Waals surface area contributed by atoms with Gasteiger partial charge in [-0.05, 0) is 42.2 Å². The Kier molecular flexibility index (Phi) is 4.09. The van der Waals surface area contributed by atoms with Crippen molar-refractivity contribution in [2.45, 2.75) is 18.7 Å². The molecule has 0 saturated carbocycles. The lowest BCUT2D eigenvalue weighted by Gasteiger charge is -2.12. The molecule has 1 unspecified atom stereocenters. The van der Waals surface area contributed by atoms with Gasteiger partial charge in [-0.3, -0.25) is 0 Å². The van der Waals surface area contributed by atoms with Crippen LogP contribution in [-0.4, -0.2) is 0 Å². The first-order valence-electron chi connectivity index (χ1n) is 5.61. The van der Waals surface area contributed by atoms with Crippen LogP contribution in [0.1, 0.15) is 22.1 Å². The summed E-state index contributed by atoms with van der Waals surface area (Å²) >= 11 is 12.3. The van der Waals surface area contributed by atoms with Crippen molar-refractivity contribution in [3.05, 3.63) is 70.2 Å². The van der Waals surface area contributed by atoms with E-state index in [1.807, 2.05) is 36.4 Å². The SMILES string of the molecule is Cc1ccccc1CC(Cl)c1ccc(Cl)cc1. The summed E-state index contributed by atoms with van der Waals surface area (Å²) in [6.45, 7) is 2.11. The minimum Gasteiger partial charge on any atom is -0.117 e. The van der Waals surface area contributed by atoms with Crippen molar-refractivity contribution in [1.82, 2.24) is 0 Å². The summed E-state index contributed by atoms with van der Waals surface area (Å²) in [6, 6.07) is 16.1. The molecule has 0 radical (unpaired) electrons. The Bertz CT molecular complexity index is 489. The number of aryl methyl sites for hydroxylation is 1. The second kappa shape index (κ2) is 5.57. The number of benzene rings is 2. The average Bonchev–Trinajstić information content (AvgIpc) is 2.33. The molecule has 0 aliphatic heterocycles. The molecule has 17 heavy (non-hydrogen) atoms. The van der Waals surface area contributed by atoms with Gasteiger partial charge in [0.15, 0.2) is 0 Å². The Labute approximate surface area is 112 Å². The summed E-state index contributed by atoms with van der Waals surface area (Å²) in [5.41, 5.74) is 3.69. The van der Waals surface area contributed by atoms with E-state index in [1.54, 1.807) is 0 Å². The zero-order valence-corrected chi connectivity index (χ0v) is 11.2. The fraction of sp³-hybridized carbons (Fsp3) is 0.200. The minimum atomic E-state index is -0.00614. The molecule has 2 rings (SSSR count). The summed E-state index contributed by atoms with van der Waals surface area (Å²) in [5, 5.41) is 0.738. The predicted molar refractivity (Wildman–Crippen MR) is 74.9 cm³/mol. The predicted octanol–water partition coefficient (Wildman–Crippen LogP) is 5.17. The molecule has 2 aromatic rings. The maximum Gasteiger partial charge on any atom is 0.0625 e. The Morgan fingerprint density at radius 3 is 2.29 bits per heavy atom. The Morgan fingerprint density at radius 2 is 1.65 bits per heavy atom. The van der Waals surface area contributed by atoms with Crippen molar-refractivity contribution in [2.24, 2.45) is 0 Å². The number of hydrogen-bond donors (Lipinski definition) is 0. The molecule has 0 nitrogen and oxygen atoms in total. The molecule has 1 atom stereocenters. The van der Waals surface area contributed by atoms with E-state index in [2.05, 4.69) is 19.1 Å². The molecule has 0 fully saturated rings. The highest BCUT2D eigenvalue weighted by Crippen LogP contribution is 2.27. The zero-order chi connectivity index (χ0) is 12.3. The van der Waals surface area contributed by atoms with Crippen LogP contribution in [0.25, 0.3) is 0 Å². The van der Waals surface area contributed by atoms with E-state index >= 15 is 0 Å². The molecule has 0 aliphatic carbocycles. The van der Waals surface area contributed by atoms with E-state index in [0.717, 1.165) is 17.0 Å². The number of hydrogen-bond acceptors (Lipinski definition) is 0. The number of alkyl halides is 1. The second-order valence-electron chi connectivity index (χ2n) is 4.15. The summed E-state index contributed by atoms with van der Waals surface area (Å²) in [5.74, 6) is 0. The van der Waals surface area contributed by atoms with Gasteiger partial charge in [-0.1, -0.05) is 48.0 Å². The van der Waals surface area contributed by atoms with Crippen LogP contribution in [0.2, 0.25) is 5.02 Å². The smallest absolute Gasteiger partial charge is 0.0625 e. The van der Waals surface area contributed by atoms with Gasteiger partial charge in [-0.15, -0.1) is 11.6 Å². The first kappa shape index (κ1) is 12.5. The van der Waals surface area contributed by atoms with Gasteiger partial charge in [-0.25, -0.2) is 0 Å². The van der Waals surface area contributed by atoms with Crippen molar-refractivity contribution >= 4 is 23.2 Å². The average molecular weight is 265 g/mol. The molecular weight excluding hydrogens is 251 g/mol. The summed E-state index contributed by atoms with van der Waals surface area (Å²) in [7, 11) is 0. The molecule has 0 spiro atoms. The Morgan fingerprint density at radius 1 is 1.00 bits per heavy atom. The topological polar surface area (TPSA) is 0 Å². The molecule has 0 heterocycles. The highest BCUT2D eigenvalue weighted by molar-refractivity contribution is 6.30. The van der Waals surface area contributed by atoms with Crippen LogP contribution in [-0.2, 0) is 6.42 Å². The van der Waals surface area contributed by atoms with E-state index in [1.165, 1.54) is 11.1 Å². The number of rotatable bonds is 3. The van der Waals surface area contributed by atoms with Crippen molar-refractivity contribution in [3.63, 3.8) is 0 Å². The van der Waals surface area contributed by atoms with Crippen LogP contribution in [0.5, 0.6) is 0 Å². The van der Waals surface area contributed by atoms with Gasteiger partial charge < -0.3 is 0 Å². The normalized spacial score (nSPS) is 12.4. The van der Waals surface area contributed by atoms with Crippen LogP contribution in [0.15, 0.2) is 48.5 Å². The van der Waals surface area contributed by atoms with Crippen molar-refractivity contribution in [1.29, 1.82) is 0 Å². The van der Waals surface area contributed by atoms with Crippen LogP contribution in [0, 0.1) is 6.92 Å². The highest BCUT2D eigenvalue weighted by Gasteiger charge is 2.09. The second-order valence-corrected chi connectivity index (χ2v) is 5.11. The third-order valence-corrected chi connectivity index (χ3v) is 3.55. The summed E-state index contributed by atoms with van der Waals surface area (Å²) in [6.07, 6.45) is 0.843. The number of halogens is 2. The van der Waals surface area contributed by atoms with Gasteiger partial charge >= 0.3 is 0 Å². The first-order chi connectivity index (χ1) is 8.16. The van der Waals surface area contributed by atoms with E-state index < -0.39 is 0 Å². The van der Waals surface area contributed by atoms with E-state index in [9.17, 15) is 0 Å². The maximum absolute atomic E-state index is 6.42. The maximum atomic E-state index is 6.42. The van der Waals surface area contributed by atoms with E-state index in [4.69, 9.17) is 23.2 Å². The van der Waals surface area contributed by atoms with Gasteiger partial charge in [0, 0.05) is 5.02 Å². The molecule has 0 aromatic heterocycles. The Hall–Kier alpha value is -0.980. The monoisotopic (exact) mass is 264 g/mol. The van der Waals surface area contributed by atoms with E-state index in [0.29, 0.717) is 0 Å².